The lowest BCUT2D eigenvalue weighted by Gasteiger charge is -2.11. The Morgan fingerprint density at radius 2 is 1.92 bits per heavy atom. The third kappa shape index (κ3) is 4.69. The summed E-state index contributed by atoms with van der Waals surface area (Å²) >= 11 is 0. The van der Waals surface area contributed by atoms with E-state index in [1.54, 1.807) is 37.5 Å². The molecule has 0 spiro atoms. The van der Waals surface area contributed by atoms with Crippen LogP contribution in [-0.4, -0.2) is 29.9 Å². The van der Waals surface area contributed by atoms with Crippen molar-refractivity contribution < 1.29 is 14.3 Å². The van der Waals surface area contributed by atoms with E-state index in [0.29, 0.717) is 24.7 Å². The number of amides is 1. The molecule has 0 atom stereocenters. The number of hydrazone groups is 1. The number of benzene rings is 1. The van der Waals surface area contributed by atoms with Crippen LogP contribution < -0.4 is 20.5 Å². The second kappa shape index (κ2) is 8.68. The first-order valence-electron chi connectivity index (χ1n) is 7.95. The van der Waals surface area contributed by atoms with Gasteiger partial charge in [-0.2, -0.15) is 5.10 Å². The van der Waals surface area contributed by atoms with Gasteiger partial charge in [-0.15, -0.1) is 0 Å². The van der Waals surface area contributed by atoms with E-state index in [2.05, 4.69) is 10.5 Å². The molecule has 1 aromatic heterocycles. The Morgan fingerprint density at radius 3 is 2.64 bits per heavy atom. The van der Waals surface area contributed by atoms with Gasteiger partial charge in [-0.25, -0.2) is 5.43 Å². The Labute approximate surface area is 145 Å². The Morgan fingerprint density at radius 1 is 1.20 bits per heavy atom. The smallest absolute Gasteiger partial charge is 0.276 e. The molecule has 0 saturated carbocycles. The van der Waals surface area contributed by atoms with Gasteiger partial charge in [-0.1, -0.05) is 0 Å². The van der Waals surface area contributed by atoms with Crippen LogP contribution in [0.3, 0.4) is 0 Å². The minimum Gasteiger partial charge on any atom is -0.490 e. The number of nitrogens with one attached hydrogen (secondary N) is 1. The van der Waals surface area contributed by atoms with E-state index in [-0.39, 0.29) is 11.1 Å². The number of aromatic nitrogens is 1. The maximum atomic E-state index is 12.0. The minimum absolute atomic E-state index is 0.0313. The van der Waals surface area contributed by atoms with Crippen LogP contribution in [0.1, 0.15) is 29.8 Å². The van der Waals surface area contributed by atoms with Crippen molar-refractivity contribution in [2.75, 3.05) is 13.2 Å². The van der Waals surface area contributed by atoms with Gasteiger partial charge in [0.05, 0.1) is 19.4 Å². The third-order valence-electron chi connectivity index (χ3n) is 3.32. The van der Waals surface area contributed by atoms with E-state index in [4.69, 9.17) is 9.47 Å². The zero-order valence-corrected chi connectivity index (χ0v) is 14.5. The van der Waals surface area contributed by atoms with E-state index in [1.165, 1.54) is 16.8 Å². The van der Waals surface area contributed by atoms with Crippen LogP contribution in [0.4, 0.5) is 0 Å². The molecule has 0 aliphatic rings. The monoisotopic (exact) mass is 343 g/mol. The zero-order chi connectivity index (χ0) is 18.2. The fraction of sp³-hybridized carbons (Fsp3) is 0.278. The summed E-state index contributed by atoms with van der Waals surface area (Å²) in [7, 11) is 1.58. The third-order valence-corrected chi connectivity index (χ3v) is 3.32. The average Bonchev–Trinajstić information content (AvgIpc) is 2.60. The fourth-order valence-corrected chi connectivity index (χ4v) is 2.14. The van der Waals surface area contributed by atoms with E-state index >= 15 is 0 Å². The molecule has 7 heteroatoms. The van der Waals surface area contributed by atoms with E-state index in [0.717, 1.165) is 5.56 Å². The first-order valence-corrected chi connectivity index (χ1v) is 7.95. The van der Waals surface area contributed by atoms with Gasteiger partial charge in [0.25, 0.3) is 11.5 Å². The van der Waals surface area contributed by atoms with Crippen LogP contribution in [0.2, 0.25) is 0 Å². The molecule has 1 aromatic carbocycles. The topological polar surface area (TPSA) is 81.9 Å². The number of ether oxygens (including phenoxy) is 2. The van der Waals surface area contributed by atoms with Crippen molar-refractivity contribution in [3.8, 4) is 11.5 Å². The van der Waals surface area contributed by atoms with Crippen molar-refractivity contribution in [1.82, 2.24) is 9.99 Å². The van der Waals surface area contributed by atoms with Gasteiger partial charge in [0, 0.05) is 13.2 Å². The lowest BCUT2D eigenvalue weighted by Crippen LogP contribution is -2.29. The van der Waals surface area contributed by atoms with E-state index in [9.17, 15) is 9.59 Å². The summed E-state index contributed by atoms with van der Waals surface area (Å²) in [6, 6.07) is 8.43. The molecule has 0 fully saturated rings. The molecule has 1 heterocycles. The summed E-state index contributed by atoms with van der Waals surface area (Å²) in [4.78, 5) is 23.9. The van der Waals surface area contributed by atoms with Crippen molar-refractivity contribution >= 4 is 12.1 Å². The van der Waals surface area contributed by atoms with Gasteiger partial charge in [0.1, 0.15) is 5.56 Å². The quantitative estimate of drug-likeness (QED) is 0.615. The van der Waals surface area contributed by atoms with Crippen LogP contribution in [-0.2, 0) is 7.05 Å². The molecule has 0 bridgehead atoms. The predicted octanol–water partition coefficient (Wildman–Crippen LogP) is 1.95. The van der Waals surface area contributed by atoms with E-state index in [1.807, 2.05) is 13.8 Å². The average molecular weight is 343 g/mol. The summed E-state index contributed by atoms with van der Waals surface area (Å²) in [5, 5.41) is 3.90. The van der Waals surface area contributed by atoms with Crippen molar-refractivity contribution in [2.24, 2.45) is 12.1 Å². The highest BCUT2D eigenvalue weighted by Crippen LogP contribution is 2.27. The molecule has 1 amide bonds. The molecule has 2 rings (SSSR count). The highest BCUT2D eigenvalue weighted by Gasteiger charge is 2.10. The number of pyridine rings is 1. The number of carbonyl (C=O) groups excluding carboxylic acids is 1. The van der Waals surface area contributed by atoms with Crippen LogP contribution in [0, 0.1) is 0 Å². The van der Waals surface area contributed by atoms with E-state index < -0.39 is 5.91 Å². The second-order valence-corrected chi connectivity index (χ2v) is 5.11. The fourth-order valence-electron chi connectivity index (χ4n) is 2.14. The molecule has 0 aliphatic heterocycles. The lowest BCUT2D eigenvalue weighted by atomic mass is 10.2. The standard InChI is InChI=1S/C18H21N3O4/c1-4-24-15-9-8-13(11-16(15)25-5-2)12-19-20-17(22)14-7-6-10-21(3)18(14)23/h6-12H,4-5H2,1-3H3,(H,20,22)/b19-12-. The molecule has 0 unspecified atom stereocenters. The van der Waals surface area contributed by atoms with Crippen molar-refractivity contribution in [3.05, 3.63) is 58.0 Å². The van der Waals surface area contributed by atoms with Crippen molar-refractivity contribution in [2.45, 2.75) is 13.8 Å². The summed E-state index contributed by atoms with van der Waals surface area (Å²) in [5.41, 5.74) is 2.73. The molecule has 7 nitrogen and oxygen atoms in total. The van der Waals surface area contributed by atoms with Crippen molar-refractivity contribution in [1.29, 1.82) is 0 Å². The van der Waals surface area contributed by atoms with Gasteiger partial charge < -0.3 is 14.0 Å². The number of nitrogens with zero attached hydrogens (tertiary/aromatic N) is 2. The van der Waals surface area contributed by atoms with Gasteiger partial charge in [-0.05, 0) is 49.7 Å². The Bertz CT molecular complexity index is 827. The van der Waals surface area contributed by atoms with Crippen molar-refractivity contribution in [3.63, 3.8) is 0 Å². The van der Waals surface area contributed by atoms with Gasteiger partial charge >= 0.3 is 0 Å². The minimum atomic E-state index is -0.562. The molecule has 0 aliphatic carbocycles. The molecule has 25 heavy (non-hydrogen) atoms. The molecular weight excluding hydrogens is 322 g/mol. The van der Waals surface area contributed by atoms with Gasteiger partial charge in [-0.3, -0.25) is 9.59 Å². The molecule has 0 radical (unpaired) electrons. The lowest BCUT2D eigenvalue weighted by molar-refractivity contribution is 0.0953. The highest BCUT2D eigenvalue weighted by atomic mass is 16.5. The number of hydrogen-bond donors (Lipinski definition) is 1. The van der Waals surface area contributed by atoms with Crippen LogP contribution in [0.5, 0.6) is 11.5 Å². The molecule has 1 N–H and O–H groups in total. The Hall–Kier alpha value is -3.09. The molecule has 0 saturated heterocycles. The van der Waals surface area contributed by atoms with Crippen LogP contribution in [0.25, 0.3) is 0 Å². The Kier molecular flexibility index (Phi) is 6.33. The largest absolute Gasteiger partial charge is 0.490 e. The summed E-state index contributed by atoms with van der Waals surface area (Å²) in [6.07, 6.45) is 3.06. The number of rotatable bonds is 7. The highest BCUT2D eigenvalue weighted by molar-refractivity contribution is 5.94. The van der Waals surface area contributed by atoms with Crippen LogP contribution >= 0.6 is 0 Å². The zero-order valence-electron chi connectivity index (χ0n) is 14.5. The SMILES string of the molecule is CCOc1ccc(/C=N\NC(=O)c2cccn(C)c2=O)cc1OCC. The predicted molar refractivity (Wildman–Crippen MR) is 95.5 cm³/mol. The van der Waals surface area contributed by atoms with Crippen LogP contribution in [0.15, 0.2) is 46.4 Å². The second-order valence-electron chi connectivity index (χ2n) is 5.11. The van der Waals surface area contributed by atoms with Gasteiger partial charge in [0.2, 0.25) is 0 Å². The maximum absolute atomic E-state index is 12.0. The molecule has 2 aromatic rings. The number of carbonyl (C=O) groups is 1. The molecular formula is C18H21N3O4. The summed E-state index contributed by atoms with van der Waals surface area (Å²) in [5.74, 6) is 0.697. The number of hydrogen-bond acceptors (Lipinski definition) is 5. The summed E-state index contributed by atoms with van der Waals surface area (Å²) in [6.45, 7) is 4.83. The van der Waals surface area contributed by atoms with Gasteiger partial charge in [0.15, 0.2) is 11.5 Å². The maximum Gasteiger partial charge on any atom is 0.276 e. The Balaban J connectivity index is 2.11. The first kappa shape index (κ1) is 18.3. The normalized spacial score (nSPS) is 10.7. The first-order chi connectivity index (χ1) is 12.1. The molecule has 132 valence electrons. The summed E-state index contributed by atoms with van der Waals surface area (Å²) < 4.78 is 12.4. The number of aryl methyl sites for hydroxylation is 1.